The normalized spacial score (nSPS) is 12.6. The molecule has 0 aromatic carbocycles. The lowest BCUT2D eigenvalue weighted by Gasteiger charge is -2.25. The number of carboxylic acid groups (broad SMARTS) is 1. The summed E-state index contributed by atoms with van der Waals surface area (Å²) in [5, 5.41) is 11.1. The summed E-state index contributed by atoms with van der Waals surface area (Å²) in [6.07, 6.45) is 0.0604. The Labute approximate surface area is 84.1 Å². The number of nitrogens with zero attached hydrogens (tertiary/aromatic N) is 1. The van der Waals surface area contributed by atoms with Gasteiger partial charge in [-0.05, 0) is 13.5 Å². The van der Waals surface area contributed by atoms with Crippen LogP contribution >= 0.6 is 0 Å². The van der Waals surface area contributed by atoms with Crippen LogP contribution in [0, 0.1) is 0 Å². The first kappa shape index (κ1) is 12.9. The number of hydrogen-bond donors (Lipinski definition) is 2. The molecule has 0 aliphatic rings. The molecule has 1 amide bonds. The molecule has 0 aliphatic carbocycles. The molecule has 0 radical (unpaired) electrons. The number of carbonyl (C=O) groups is 2. The van der Waals surface area contributed by atoms with Gasteiger partial charge in [0.2, 0.25) is 5.91 Å². The topological polar surface area (TPSA) is 69.6 Å². The Morgan fingerprint density at radius 1 is 1.50 bits per heavy atom. The zero-order chi connectivity index (χ0) is 11.1. The zero-order valence-corrected chi connectivity index (χ0v) is 8.91. The number of amides is 1. The lowest BCUT2D eigenvalue weighted by Crippen LogP contribution is -2.41. The number of carboxylic acids is 1. The highest BCUT2D eigenvalue weighted by atomic mass is 16.4. The standard InChI is InChI=1S/C9H18N2O3/c1-4-11(6-8(12)10-3)7(2)5-9(13)14/h7H,4-6H2,1-3H3,(H,10,12)(H,13,14). The van der Waals surface area contributed by atoms with E-state index >= 15 is 0 Å². The Bertz CT molecular complexity index is 206. The molecule has 0 fully saturated rings. The predicted octanol–water partition coefficient (Wildman–Crippen LogP) is -0.0825. The van der Waals surface area contributed by atoms with Crippen molar-refractivity contribution in [2.24, 2.45) is 0 Å². The third-order valence-electron chi connectivity index (χ3n) is 2.13. The molecule has 1 unspecified atom stereocenters. The summed E-state index contributed by atoms with van der Waals surface area (Å²) < 4.78 is 0. The second-order valence-corrected chi connectivity index (χ2v) is 3.18. The summed E-state index contributed by atoms with van der Waals surface area (Å²) in [5.74, 6) is -0.933. The van der Waals surface area contributed by atoms with Crippen LogP contribution in [0.5, 0.6) is 0 Å². The minimum absolute atomic E-state index is 0.0604. The molecule has 0 aromatic rings. The number of likely N-dealkylation sites (N-methyl/N-ethyl adjacent to an activating group) is 2. The van der Waals surface area contributed by atoms with Crippen molar-refractivity contribution in [3.63, 3.8) is 0 Å². The maximum Gasteiger partial charge on any atom is 0.304 e. The Balaban J connectivity index is 4.11. The minimum atomic E-state index is -0.840. The van der Waals surface area contributed by atoms with Crippen LogP contribution in [0.4, 0.5) is 0 Å². The Kier molecular flexibility index (Phi) is 5.87. The van der Waals surface area contributed by atoms with Crippen LogP contribution in [-0.4, -0.2) is 48.1 Å². The zero-order valence-electron chi connectivity index (χ0n) is 8.91. The van der Waals surface area contributed by atoms with Crippen molar-refractivity contribution < 1.29 is 14.7 Å². The lowest BCUT2D eigenvalue weighted by molar-refractivity contribution is -0.138. The first-order valence-corrected chi connectivity index (χ1v) is 4.67. The minimum Gasteiger partial charge on any atom is -0.481 e. The average Bonchev–Trinajstić information content (AvgIpc) is 2.12. The smallest absolute Gasteiger partial charge is 0.304 e. The maximum atomic E-state index is 11.1. The van der Waals surface area contributed by atoms with Gasteiger partial charge < -0.3 is 10.4 Å². The molecule has 0 aliphatic heterocycles. The van der Waals surface area contributed by atoms with E-state index < -0.39 is 5.97 Å². The highest BCUT2D eigenvalue weighted by Gasteiger charge is 2.17. The number of aliphatic carboxylic acids is 1. The molecule has 0 saturated carbocycles. The van der Waals surface area contributed by atoms with E-state index in [4.69, 9.17) is 5.11 Å². The van der Waals surface area contributed by atoms with Gasteiger partial charge in [0, 0.05) is 13.1 Å². The van der Waals surface area contributed by atoms with E-state index in [1.165, 1.54) is 0 Å². The Hall–Kier alpha value is -1.10. The summed E-state index contributed by atoms with van der Waals surface area (Å²) in [6, 6.07) is -0.116. The summed E-state index contributed by atoms with van der Waals surface area (Å²) in [7, 11) is 1.57. The summed E-state index contributed by atoms with van der Waals surface area (Å²) in [5.41, 5.74) is 0. The van der Waals surface area contributed by atoms with Crippen LogP contribution in [0.3, 0.4) is 0 Å². The number of rotatable bonds is 6. The molecule has 2 N–H and O–H groups in total. The fourth-order valence-corrected chi connectivity index (χ4v) is 1.22. The predicted molar refractivity (Wildman–Crippen MR) is 53.0 cm³/mol. The summed E-state index contributed by atoms with van der Waals surface area (Å²) >= 11 is 0. The lowest BCUT2D eigenvalue weighted by atomic mass is 10.2. The van der Waals surface area contributed by atoms with Crippen molar-refractivity contribution in [3.05, 3.63) is 0 Å². The molecule has 5 nitrogen and oxygen atoms in total. The van der Waals surface area contributed by atoms with Crippen molar-refractivity contribution in [2.75, 3.05) is 20.1 Å². The molecule has 0 rings (SSSR count). The fraction of sp³-hybridized carbons (Fsp3) is 0.778. The van der Waals surface area contributed by atoms with E-state index in [0.717, 1.165) is 0 Å². The van der Waals surface area contributed by atoms with Gasteiger partial charge in [-0.3, -0.25) is 14.5 Å². The van der Waals surface area contributed by atoms with Gasteiger partial charge in [0.25, 0.3) is 0 Å². The third-order valence-corrected chi connectivity index (χ3v) is 2.13. The molecular formula is C9H18N2O3. The van der Waals surface area contributed by atoms with Gasteiger partial charge in [0.15, 0.2) is 0 Å². The number of carbonyl (C=O) groups excluding carboxylic acids is 1. The monoisotopic (exact) mass is 202 g/mol. The van der Waals surface area contributed by atoms with Gasteiger partial charge in [-0.2, -0.15) is 0 Å². The molecule has 0 saturated heterocycles. The van der Waals surface area contributed by atoms with Crippen LogP contribution in [-0.2, 0) is 9.59 Å². The quantitative estimate of drug-likeness (QED) is 0.632. The number of hydrogen-bond acceptors (Lipinski definition) is 3. The van der Waals surface area contributed by atoms with Crippen LogP contribution in [0.15, 0.2) is 0 Å². The molecule has 0 bridgehead atoms. The summed E-state index contributed by atoms with van der Waals surface area (Å²) in [4.78, 5) is 23.4. The van der Waals surface area contributed by atoms with E-state index in [1.54, 1.807) is 14.0 Å². The molecular weight excluding hydrogens is 184 g/mol. The SMILES string of the molecule is CCN(CC(=O)NC)C(C)CC(=O)O. The largest absolute Gasteiger partial charge is 0.481 e. The second-order valence-electron chi connectivity index (χ2n) is 3.18. The van der Waals surface area contributed by atoms with E-state index in [9.17, 15) is 9.59 Å². The number of nitrogens with one attached hydrogen (secondary N) is 1. The highest BCUT2D eigenvalue weighted by molar-refractivity contribution is 5.77. The van der Waals surface area contributed by atoms with Crippen LogP contribution < -0.4 is 5.32 Å². The van der Waals surface area contributed by atoms with Crippen molar-refractivity contribution >= 4 is 11.9 Å². The molecule has 14 heavy (non-hydrogen) atoms. The molecule has 0 spiro atoms. The van der Waals surface area contributed by atoms with Gasteiger partial charge in [0.1, 0.15) is 0 Å². The first-order chi connectivity index (χ1) is 6.51. The fourth-order valence-electron chi connectivity index (χ4n) is 1.22. The van der Waals surface area contributed by atoms with E-state index in [1.807, 2.05) is 11.8 Å². The Morgan fingerprint density at radius 2 is 2.07 bits per heavy atom. The van der Waals surface area contributed by atoms with Gasteiger partial charge in [0.05, 0.1) is 13.0 Å². The van der Waals surface area contributed by atoms with Crippen molar-refractivity contribution in [1.82, 2.24) is 10.2 Å². The van der Waals surface area contributed by atoms with Gasteiger partial charge in [-0.25, -0.2) is 0 Å². The van der Waals surface area contributed by atoms with Crippen molar-refractivity contribution in [3.8, 4) is 0 Å². The van der Waals surface area contributed by atoms with Crippen LogP contribution in [0.2, 0.25) is 0 Å². The van der Waals surface area contributed by atoms with Crippen molar-refractivity contribution in [2.45, 2.75) is 26.3 Å². The van der Waals surface area contributed by atoms with Crippen molar-refractivity contribution in [1.29, 1.82) is 0 Å². The molecule has 0 aromatic heterocycles. The molecule has 5 heteroatoms. The van der Waals surface area contributed by atoms with E-state index in [2.05, 4.69) is 5.32 Å². The maximum absolute atomic E-state index is 11.1. The highest BCUT2D eigenvalue weighted by Crippen LogP contribution is 2.02. The van der Waals surface area contributed by atoms with Crippen LogP contribution in [0.1, 0.15) is 20.3 Å². The molecule has 1 atom stereocenters. The third kappa shape index (κ3) is 4.81. The van der Waals surface area contributed by atoms with Gasteiger partial charge >= 0.3 is 5.97 Å². The average molecular weight is 202 g/mol. The van der Waals surface area contributed by atoms with Gasteiger partial charge in [-0.15, -0.1) is 0 Å². The van der Waals surface area contributed by atoms with Gasteiger partial charge in [-0.1, -0.05) is 6.92 Å². The van der Waals surface area contributed by atoms with E-state index in [-0.39, 0.29) is 24.9 Å². The van der Waals surface area contributed by atoms with Crippen LogP contribution in [0.25, 0.3) is 0 Å². The molecule has 0 heterocycles. The first-order valence-electron chi connectivity index (χ1n) is 4.67. The second kappa shape index (κ2) is 6.37. The van der Waals surface area contributed by atoms with E-state index in [0.29, 0.717) is 6.54 Å². The molecule has 82 valence electrons. The summed E-state index contributed by atoms with van der Waals surface area (Å²) in [6.45, 7) is 4.63. The Morgan fingerprint density at radius 3 is 2.43 bits per heavy atom.